The molecule has 2 heterocycles. The molecule has 0 radical (unpaired) electrons. The molecule has 3 unspecified atom stereocenters. The summed E-state index contributed by atoms with van der Waals surface area (Å²) in [7, 11) is 4.20. The number of phenols is 1. The molecule has 0 aliphatic carbocycles. The van der Waals surface area contributed by atoms with Crippen molar-refractivity contribution in [1.82, 2.24) is 14.7 Å². The maximum atomic E-state index is 14.9. The van der Waals surface area contributed by atoms with Crippen molar-refractivity contribution in [2.45, 2.75) is 64.0 Å². The topological polar surface area (TPSA) is 47.0 Å². The number of hydrogen-bond acceptors (Lipinski definition) is 5. The van der Waals surface area contributed by atoms with E-state index in [2.05, 4.69) is 42.6 Å². The first-order valence-corrected chi connectivity index (χ1v) is 13.8. The van der Waals surface area contributed by atoms with Crippen LogP contribution in [0.4, 0.5) is 4.39 Å². The number of aromatic hydroxyl groups is 1. The van der Waals surface area contributed by atoms with E-state index in [0.717, 1.165) is 57.4 Å². The fraction of sp³-hybridized carbons (Fsp3) is 0.581. The smallest absolute Gasteiger partial charge is 0.168 e. The number of halogens is 1. The highest BCUT2D eigenvalue weighted by Gasteiger charge is 2.48. The molecule has 0 aromatic heterocycles. The van der Waals surface area contributed by atoms with Crippen molar-refractivity contribution >= 4 is 5.78 Å². The highest BCUT2D eigenvalue weighted by Crippen LogP contribution is 2.44. The van der Waals surface area contributed by atoms with Gasteiger partial charge < -0.3 is 14.9 Å². The molecular formula is C31H44FN3O2. The molecule has 37 heavy (non-hydrogen) atoms. The zero-order chi connectivity index (χ0) is 26.7. The first-order chi connectivity index (χ1) is 17.6. The molecule has 0 saturated carbocycles. The van der Waals surface area contributed by atoms with Gasteiger partial charge in [0.05, 0.1) is 0 Å². The Morgan fingerprint density at radius 1 is 1.14 bits per heavy atom. The van der Waals surface area contributed by atoms with Crippen molar-refractivity contribution in [1.29, 1.82) is 0 Å². The zero-order valence-corrected chi connectivity index (χ0v) is 23.2. The number of phenolic OH excluding ortho intramolecular Hbond substituents is 1. The van der Waals surface area contributed by atoms with Crippen LogP contribution in [-0.4, -0.2) is 84.0 Å². The van der Waals surface area contributed by atoms with Crippen LogP contribution in [0.1, 0.15) is 66.9 Å². The lowest BCUT2D eigenvalue weighted by atomic mass is 9.71. The second kappa shape index (κ2) is 11.6. The van der Waals surface area contributed by atoms with Crippen molar-refractivity contribution < 1.29 is 14.3 Å². The number of unbranched alkanes of at least 4 members (excludes halogenated alkanes) is 1. The number of piperidine rings is 1. The number of carbonyl (C=O) groups is 1. The minimum atomic E-state index is -0.328. The fourth-order valence-corrected chi connectivity index (χ4v) is 6.62. The second-order valence-electron chi connectivity index (χ2n) is 11.9. The van der Waals surface area contributed by atoms with E-state index in [1.165, 1.54) is 6.07 Å². The summed E-state index contributed by atoms with van der Waals surface area (Å²) >= 11 is 0. The summed E-state index contributed by atoms with van der Waals surface area (Å²) in [6, 6.07) is 12.1. The summed E-state index contributed by atoms with van der Waals surface area (Å²) in [6.07, 6.45) is 4.44. The molecule has 2 aliphatic rings. The Morgan fingerprint density at radius 2 is 1.89 bits per heavy atom. The van der Waals surface area contributed by atoms with E-state index < -0.39 is 0 Å². The molecule has 2 fully saturated rings. The van der Waals surface area contributed by atoms with Gasteiger partial charge in [-0.05, 0) is 110 Å². The maximum Gasteiger partial charge on any atom is 0.168 e. The molecule has 2 aromatic carbocycles. The van der Waals surface area contributed by atoms with Crippen LogP contribution >= 0.6 is 0 Å². The monoisotopic (exact) mass is 509 g/mol. The van der Waals surface area contributed by atoms with Crippen molar-refractivity contribution in [3.8, 4) is 5.75 Å². The normalized spacial score (nSPS) is 24.6. The lowest BCUT2D eigenvalue weighted by Gasteiger charge is -2.51. The summed E-state index contributed by atoms with van der Waals surface area (Å²) in [4.78, 5) is 21.4. The number of benzene rings is 2. The summed E-state index contributed by atoms with van der Waals surface area (Å²) < 4.78 is 14.9. The average Bonchev–Trinajstić information content (AvgIpc) is 3.21. The molecule has 202 valence electrons. The fourth-order valence-electron chi connectivity index (χ4n) is 6.62. The predicted octanol–water partition coefficient (Wildman–Crippen LogP) is 5.32. The van der Waals surface area contributed by atoms with Gasteiger partial charge in [0, 0.05) is 42.1 Å². The molecule has 3 atom stereocenters. The Bertz CT molecular complexity index is 1090. The Morgan fingerprint density at radius 3 is 2.57 bits per heavy atom. The average molecular weight is 510 g/mol. The van der Waals surface area contributed by atoms with Gasteiger partial charge in [-0.15, -0.1) is 0 Å². The van der Waals surface area contributed by atoms with Crippen LogP contribution in [0.2, 0.25) is 0 Å². The second-order valence-corrected chi connectivity index (χ2v) is 11.9. The van der Waals surface area contributed by atoms with Gasteiger partial charge in [-0.3, -0.25) is 9.69 Å². The molecule has 4 rings (SSSR count). The third-order valence-electron chi connectivity index (χ3n) is 8.58. The maximum absolute atomic E-state index is 14.9. The van der Waals surface area contributed by atoms with Gasteiger partial charge in [-0.2, -0.15) is 0 Å². The largest absolute Gasteiger partial charge is 0.508 e. The quantitative estimate of drug-likeness (QED) is 0.366. The van der Waals surface area contributed by atoms with E-state index in [1.54, 1.807) is 30.3 Å². The first-order valence-electron chi connectivity index (χ1n) is 13.8. The van der Waals surface area contributed by atoms with Crippen LogP contribution in [0.3, 0.4) is 0 Å². The zero-order valence-electron chi connectivity index (χ0n) is 23.2. The van der Waals surface area contributed by atoms with Gasteiger partial charge in [0.25, 0.3) is 0 Å². The number of ketones is 1. The molecule has 2 aliphatic heterocycles. The number of hydrogen-bond donors (Lipinski definition) is 1. The third-order valence-corrected chi connectivity index (χ3v) is 8.58. The summed E-state index contributed by atoms with van der Waals surface area (Å²) in [5.41, 5.74) is 2.13. The van der Waals surface area contributed by atoms with Crippen LogP contribution in [0.15, 0.2) is 42.5 Å². The standard InChI is InChI=1S/C31H44FN3O2/c1-22-25(13-9-14-27(22)32)29-26(30(37)23-11-8-12-24(36)19-23)20-34(17-7-6-16-33(4)5)21-28(29)35-18-10-15-31(35,2)3/h8-9,11-14,19,26,28-29,36H,6-7,10,15-18,20-21H2,1-5H3. The van der Waals surface area contributed by atoms with Crippen LogP contribution < -0.4 is 0 Å². The highest BCUT2D eigenvalue weighted by atomic mass is 19.1. The summed E-state index contributed by atoms with van der Waals surface area (Å²) in [5.74, 6) is -0.540. The first kappa shape index (κ1) is 27.7. The number of rotatable bonds is 9. The van der Waals surface area contributed by atoms with Gasteiger partial charge >= 0.3 is 0 Å². The van der Waals surface area contributed by atoms with E-state index in [0.29, 0.717) is 17.7 Å². The van der Waals surface area contributed by atoms with Crippen LogP contribution in [0.25, 0.3) is 0 Å². The summed E-state index contributed by atoms with van der Waals surface area (Å²) in [5, 5.41) is 10.1. The van der Waals surface area contributed by atoms with Crippen LogP contribution in [-0.2, 0) is 0 Å². The molecule has 2 saturated heterocycles. The minimum Gasteiger partial charge on any atom is -0.508 e. The van der Waals surface area contributed by atoms with Crippen molar-refractivity contribution in [3.63, 3.8) is 0 Å². The lowest BCUT2D eigenvalue weighted by molar-refractivity contribution is 0.0142. The van der Waals surface area contributed by atoms with Crippen molar-refractivity contribution in [2.75, 3.05) is 46.8 Å². The van der Waals surface area contributed by atoms with E-state index >= 15 is 0 Å². The Hall–Kier alpha value is -2.28. The number of Topliss-reactive ketones (excluding diaryl/α,β-unsaturated/α-hetero) is 1. The Kier molecular flexibility index (Phi) is 8.72. The van der Waals surface area contributed by atoms with Gasteiger partial charge in [0.1, 0.15) is 11.6 Å². The summed E-state index contributed by atoms with van der Waals surface area (Å²) in [6.45, 7) is 10.9. The van der Waals surface area contributed by atoms with Crippen LogP contribution in [0, 0.1) is 18.7 Å². The molecule has 1 N–H and O–H groups in total. The van der Waals surface area contributed by atoms with Gasteiger partial charge in [-0.25, -0.2) is 4.39 Å². The van der Waals surface area contributed by atoms with E-state index in [4.69, 9.17) is 0 Å². The molecule has 0 bridgehead atoms. The number of nitrogens with zero attached hydrogens (tertiary/aromatic N) is 3. The van der Waals surface area contributed by atoms with E-state index in [-0.39, 0.29) is 40.8 Å². The molecule has 5 nitrogen and oxygen atoms in total. The predicted molar refractivity (Wildman–Crippen MR) is 148 cm³/mol. The molecule has 2 aromatic rings. The minimum absolute atomic E-state index is 0.0245. The van der Waals surface area contributed by atoms with Crippen molar-refractivity contribution in [3.05, 3.63) is 65.0 Å². The molecular weight excluding hydrogens is 465 g/mol. The van der Waals surface area contributed by atoms with Gasteiger partial charge in [0.15, 0.2) is 5.78 Å². The van der Waals surface area contributed by atoms with Crippen LogP contribution in [0.5, 0.6) is 5.75 Å². The highest BCUT2D eigenvalue weighted by molar-refractivity contribution is 5.99. The third kappa shape index (κ3) is 6.24. The Labute approximate surface area is 222 Å². The SMILES string of the molecule is Cc1c(F)cccc1C1C(C(=O)c2cccc(O)c2)CN(CCCCN(C)C)CC1N1CCCC1(C)C. The van der Waals surface area contributed by atoms with E-state index in [1.807, 2.05) is 13.0 Å². The van der Waals surface area contributed by atoms with Crippen molar-refractivity contribution in [2.24, 2.45) is 5.92 Å². The van der Waals surface area contributed by atoms with Gasteiger partial charge in [0.2, 0.25) is 0 Å². The van der Waals surface area contributed by atoms with Gasteiger partial charge in [-0.1, -0.05) is 24.3 Å². The number of carbonyl (C=O) groups excluding carboxylic acids is 1. The molecule has 0 amide bonds. The lowest BCUT2D eigenvalue weighted by Crippen LogP contribution is -2.60. The molecule has 0 spiro atoms. The number of likely N-dealkylation sites (tertiary alicyclic amines) is 2. The molecule has 6 heteroatoms. The van der Waals surface area contributed by atoms with E-state index in [9.17, 15) is 14.3 Å². The Balaban J connectivity index is 1.75.